The summed E-state index contributed by atoms with van der Waals surface area (Å²) in [7, 11) is 1.59. The van der Waals surface area contributed by atoms with Crippen LogP contribution < -0.4 is 5.32 Å². The van der Waals surface area contributed by atoms with Crippen LogP contribution in [0.2, 0.25) is 0 Å². The number of ether oxygens (including phenoxy) is 1. The van der Waals surface area contributed by atoms with Crippen molar-refractivity contribution in [1.29, 1.82) is 0 Å². The van der Waals surface area contributed by atoms with E-state index >= 15 is 0 Å². The third-order valence-corrected chi connectivity index (χ3v) is 2.68. The van der Waals surface area contributed by atoms with Crippen LogP contribution in [-0.2, 0) is 16.0 Å². The van der Waals surface area contributed by atoms with Gasteiger partial charge >= 0.3 is 0 Å². The maximum Gasteiger partial charge on any atom is 0.224 e. The van der Waals surface area contributed by atoms with Crippen LogP contribution in [0.5, 0.6) is 5.75 Å². The summed E-state index contributed by atoms with van der Waals surface area (Å²) in [6, 6.07) is 6.59. The largest absolute Gasteiger partial charge is 0.508 e. The maximum absolute atomic E-state index is 11.8. The zero-order valence-corrected chi connectivity index (χ0v) is 11.1. The molecule has 0 aromatic heterocycles. The second kappa shape index (κ2) is 7.95. The third kappa shape index (κ3) is 5.38. The molecule has 0 aliphatic heterocycles. The molecule has 100 valence electrons. The summed E-state index contributed by atoms with van der Waals surface area (Å²) in [6.45, 7) is 0.443. The van der Waals surface area contributed by atoms with E-state index in [1.807, 2.05) is 0 Å². The van der Waals surface area contributed by atoms with Crippen molar-refractivity contribution in [3.63, 3.8) is 0 Å². The van der Waals surface area contributed by atoms with Gasteiger partial charge in [0, 0.05) is 13.0 Å². The lowest BCUT2D eigenvalue weighted by molar-refractivity contribution is -0.121. The Morgan fingerprint density at radius 3 is 2.94 bits per heavy atom. The van der Waals surface area contributed by atoms with E-state index in [1.54, 1.807) is 31.4 Å². The molecule has 4 nitrogen and oxygen atoms in total. The quantitative estimate of drug-likeness (QED) is 0.742. The number of nitrogens with one attached hydrogen (secondary N) is 1. The fourth-order valence-corrected chi connectivity index (χ4v) is 1.92. The van der Waals surface area contributed by atoms with Crippen molar-refractivity contribution in [2.45, 2.75) is 18.9 Å². The lowest BCUT2D eigenvalue weighted by atomic mass is 10.1. The number of benzene rings is 1. The lowest BCUT2D eigenvalue weighted by Gasteiger charge is -2.16. The Balaban J connectivity index is 2.49. The summed E-state index contributed by atoms with van der Waals surface area (Å²) in [5.41, 5.74) is 0.773. The minimum absolute atomic E-state index is 0.0719. The van der Waals surface area contributed by atoms with Crippen LogP contribution in [0, 0.1) is 0 Å². The Hall–Kier alpha value is -1.26. The first-order valence-electron chi connectivity index (χ1n) is 5.78. The van der Waals surface area contributed by atoms with Gasteiger partial charge in [-0.2, -0.15) is 0 Å². The number of halogens is 1. The molecule has 5 heteroatoms. The third-order valence-electron chi connectivity index (χ3n) is 2.47. The summed E-state index contributed by atoms with van der Waals surface area (Å²) in [4.78, 5) is 11.8. The molecule has 1 aromatic rings. The van der Waals surface area contributed by atoms with Gasteiger partial charge in [-0.05, 0) is 24.1 Å². The molecule has 0 heterocycles. The summed E-state index contributed by atoms with van der Waals surface area (Å²) >= 11 is 5.66. The number of hydrogen-bond acceptors (Lipinski definition) is 3. The number of carbonyl (C=O) groups excluding carboxylic acids is 1. The molecular weight excluding hydrogens is 254 g/mol. The molecule has 1 rings (SSSR count). The van der Waals surface area contributed by atoms with E-state index in [0.717, 1.165) is 5.56 Å². The number of alkyl halides is 1. The molecule has 0 fully saturated rings. The van der Waals surface area contributed by atoms with Gasteiger partial charge in [0.25, 0.3) is 0 Å². The monoisotopic (exact) mass is 271 g/mol. The highest BCUT2D eigenvalue weighted by atomic mass is 35.5. The van der Waals surface area contributed by atoms with Gasteiger partial charge < -0.3 is 15.2 Å². The summed E-state index contributed by atoms with van der Waals surface area (Å²) < 4.78 is 5.01. The summed E-state index contributed by atoms with van der Waals surface area (Å²) in [5.74, 6) is 0.530. The fourth-order valence-electron chi connectivity index (χ4n) is 1.66. The van der Waals surface area contributed by atoms with Gasteiger partial charge in [-0.1, -0.05) is 12.1 Å². The highest BCUT2D eigenvalue weighted by Gasteiger charge is 2.12. The second-order valence-electron chi connectivity index (χ2n) is 4.04. The molecule has 1 unspecified atom stereocenters. The Morgan fingerprint density at radius 1 is 1.56 bits per heavy atom. The zero-order chi connectivity index (χ0) is 13.4. The number of rotatable bonds is 7. The number of amides is 1. The fraction of sp³-hybridized carbons (Fsp3) is 0.462. The topological polar surface area (TPSA) is 58.6 Å². The molecule has 1 amide bonds. The predicted molar refractivity (Wildman–Crippen MR) is 71.0 cm³/mol. The number of phenolic OH excluding ortho intramolecular Hbond substituents is 1. The first-order valence-corrected chi connectivity index (χ1v) is 6.31. The van der Waals surface area contributed by atoms with Gasteiger partial charge in [0.2, 0.25) is 5.91 Å². The van der Waals surface area contributed by atoms with E-state index in [1.165, 1.54) is 0 Å². The summed E-state index contributed by atoms with van der Waals surface area (Å²) in [6.07, 6.45) is 0.901. The van der Waals surface area contributed by atoms with Crippen molar-refractivity contribution in [3.05, 3.63) is 29.8 Å². The van der Waals surface area contributed by atoms with E-state index < -0.39 is 0 Å². The van der Waals surface area contributed by atoms with E-state index in [9.17, 15) is 9.90 Å². The molecule has 18 heavy (non-hydrogen) atoms. The number of phenols is 1. The standard InChI is InChI=1S/C13H18ClNO3/c1-18-9-11(5-6-14)15-13(17)8-10-3-2-4-12(16)7-10/h2-4,7,11,16H,5-6,8-9H2,1H3,(H,15,17). The molecule has 1 atom stereocenters. The first kappa shape index (κ1) is 14.8. The lowest BCUT2D eigenvalue weighted by Crippen LogP contribution is -2.39. The molecule has 1 aromatic carbocycles. The van der Waals surface area contributed by atoms with Gasteiger partial charge in [-0.3, -0.25) is 4.79 Å². The Morgan fingerprint density at radius 2 is 2.33 bits per heavy atom. The van der Waals surface area contributed by atoms with Gasteiger partial charge in [0.1, 0.15) is 5.75 Å². The molecule has 0 spiro atoms. The normalized spacial score (nSPS) is 12.1. The van der Waals surface area contributed by atoms with Crippen LogP contribution in [0.25, 0.3) is 0 Å². The van der Waals surface area contributed by atoms with E-state index in [-0.39, 0.29) is 24.1 Å². The van der Waals surface area contributed by atoms with Crippen molar-refractivity contribution in [3.8, 4) is 5.75 Å². The maximum atomic E-state index is 11.8. The second-order valence-corrected chi connectivity index (χ2v) is 4.42. The van der Waals surface area contributed by atoms with Crippen LogP contribution in [0.4, 0.5) is 0 Å². The molecular formula is C13H18ClNO3. The van der Waals surface area contributed by atoms with Crippen LogP contribution in [0.15, 0.2) is 24.3 Å². The number of methoxy groups -OCH3 is 1. The van der Waals surface area contributed by atoms with Gasteiger partial charge in [0.15, 0.2) is 0 Å². The number of aromatic hydroxyl groups is 1. The molecule has 2 N–H and O–H groups in total. The minimum atomic E-state index is -0.104. The van der Waals surface area contributed by atoms with E-state index in [0.29, 0.717) is 18.9 Å². The van der Waals surface area contributed by atoms with Gasteiger partial charge in [-0.15, -0.1) is 11.6 Å². The van der Waals surface area contributed by atoms with Crippen molar-refractivity contribution >= 4 is 17.5 Å². The van der Waals surface area contributed by atoms with E-state index in [2.05, 4.69) is 5.32 Å². The van der Waals surface area contributed by atoms with Gasteiger partial charge in [0.05, 0.1) is 19.1 Å². The molecule has 0 saturated carbocycles. The Labute approximate surface area is 112 Å². The average molecular weight is 272 g/mol. The SMILES string of the molecule is COCC(CCCl)NC(=O)Cc1cccc(O)c1. The highest BCUT2D eigenvalue weighted by molar-refractivity contribution is 6.17. The Kier molecular flexibility index (Phi) is 6.54. The smallest absolute Gasteiger partial charge is 0.224 e. The molecule has 0 bridgehead atoms. The van der Waals surface area contributed by atoms with Crippen LogP contribution >= 0.6 is 11.6 Å². The van der Waals surface area contributed by atoms with Crippen molar-refractivity contribution in [2.24, 2.45) is 0 Å². The predicted octanol–water partition coefficient (Wildman–Crippen LogP) is 1.69. The summed E-state index contributed by atoms with van der Waals surface area (Å²) in [5, 5.41) is 12.2. The van der Waals surface area contributed by atoms with Crippen LogP contribution in [0.1, 0.15) is 12.0 Å². The number of hydrogen-bond donors (Lipinski definition) is 2. The molecule has 0 radical (unpaired) electrons. The highest BCUT2D eigenvalue weighted by Crippen LogP contribution is 2.11. The molecule has 0 aliphatic rings. The van der Waals surface area contributed by atoms with Crippen molar-refractivity contribution < 1.29 is 14.6 Å². The molecule has 0 saturated heterocycles. The van der Waals surface area contributed by atoms with Crippen LogP contribution in [0.3, 0.4) is 0 Å². The number of carbonyl (C=O) groups is 1. The van der Waals surface area contributed by atoms with Gasteiger partial charge in [-0.25, -0.2) is 0 Å². The average Bonchev–Trinajstić information content (AvgIpc) is 2.29. The molecule has 0 aliphatic carbocycles. The zero-order valence-electron chi connectivity index (χ0n) is 10.4. The van der Waals surface area contributed by atoms with Crippen molar-refractivity contribution in [2.75, 3.05) is 19.6 Å². The van der Waals surface area contributed by atoms with Crippen molar-refractivity contribution in [1.82, 2.24) is 5.32 Å². The first-order chi connectivity index (χ1) is 8.65. The van der Waals surface area contributed by atoms with Crippen LogP contribution in [-0.4, -0.2) is 36.7 Å². The van der Waals surface area contributed by atoms with E-state index in [4.69, 9.17) is 16.3 Å². The minimum Gasteiger partial charge on any atom is -0.508 e. The Bertz CT molecular complexity index is 378.